The van der Waals surface area contributed by atoms with Gasteiger partial charge < -0.3 is 24.8 Å². The molecule has 2 N–H and O–H groups in total. The van der Waals surface area contributed by atoms with Crippen molar-refractivity contribution < 1.29 is 19.0 Å². The summed E-state index contributed by atoms with van der Waals surface area (Å²) in [5, 5.41) is 8.17. The smallest absolute Gasteiger partial charge is 0.272 e. The molecule has 9 heteroatoms. The Bertz CT molecular complexity index is 882. The van der Waals surface area contributed by atoms with E-state index in [0.29, 0.717) is 54.4 Å². The van der Waals surface area contributed by atoms with E-state index in [1.165, 1.54) is 0 Å². The Morgan fingerprint density at radius 1 is 1.13 bits per heavy atom. The van der Waals surface area contributed by atoms with Gasteiger partial charge in [-0.05, 0) is 18.8 Å². The van der Waals surface area contributed by atoms with Gasteiger partial charge >= 0.3 is 0 Å². The SMILES string of the molecule is COc1cc(C(=O)N2CCC(c3nnc(N)cc3OC)CC2)ncc1OCC(C)C. The summed E-state index contributed by atoms with van der Waals surface area (Å²) < 4.78 is 16.5. The minimum absolute atomic E-state index is 0.127. The van der Waals surface area contributed by atoms with E-state index >= 15 is 0 Å². The highest BCUT2D eigenvalue weighted by molar-refractivity contribution is 5.93. The molecule has 1 aliphatic rings. The van der Waals surface area contributed by atoms with E-state index in [0.717, 1.165) is 18.5 Å². The van der Waals surface area contributed by atoms with Crippen molar-refractivity contribution in [3.63, 3.8) is 0 Å². The molecule has 3 rings (SSSR count). The number of carbonyl (C=O) groups is 1. The summed E-state index contributed by atoms with van der Waals surface area (Å²) in [4.78, 5) is 19.1. The van der Waals surface area contributed by atoms with Gasteiger partial charge in [0, 0.05) is 31.1 Å². The van der Waals surface area contributed by atoms with Crippen molar-refractivity contribution in [2.75, 3.05) is 39.6 Å². The van der Waals surface area contributed by atoms with Gasteiger partial charge in [-0.3, -0.25) is 4.79 Å². The minimum atomic E-state index is -0.127. The van der Waals surface area contributed by atoms with Gasteiger partial charge in [0.15, 0.2) is 11.5 Å². The molecule has 3 heterocycles. The van der Waals surface area contributed by atoms with Crippen LogP contribution in [0.2, 0.25) is 0 Å². The average Bonchev–Trinajstić information content (AvgIpc) is 2.77. The molecule has 0 radical (unpaired) electrons. The van der Waals surface area contributed by atoms with Gasteiger partial charge in [0.25, 0.3) is 5.91 Å². The first kappa shape index (κ1) is 21.6. The minimum Gasteiger partial charge on any atom is -0.495 e. The largest absolute Gasteiger partial charge is 0.495 e. The Balaban J connectivity index is 1.66. The third kappa shape index (κ3) is 4.90. The third-order valence-corrected chi connectivity index (χ3v) is 5.04. The fraction of sp³-hybridized carbons (Fsp3) is 0.524. The first-order valence-corrected chi connectivity index (χ1v) is 10.1. The molecular weight excluding hydrogens is 386 g/mol. The van der Waals surface area contributed by atoms with Crippen molar-refractivity contribution in [1.82, 2.24) is 20.1 Å². The number of anilines is 1. The van der Waals surface area contributed by atoms with Crippen LogP contribution < -0.4 is 19.9 Å². The summed E-state index contributed by atoms with van der Waals surface area (Å²) in [5.41, 5.74) is 6.82. The highest BCUT2D eigenvalue weighted by atomic mass is 16.5. The normalized spacial score (nSPS) is 14.6. The molecule has 9 nitrogen and oxygen atoms in total. The zero-order valence-corrected chi connectivity index (χ0v) is 17.9. The van der Waals surface area contributed by atoms with Gasteiger partial charge in [-0.1, -0.05) is 13.8 Å². The van der Waals surface area contributed by atoms with E-state index < -0.39 is 0 Å². The standard InChI is InChI=1S/C21H29N5O4/c1-13(2)12-30-18-11-23-15(9-16(18)28-3)21(27)26-7-5-14(6-8-26)20-17(29-4)10-19(22)24-25-20/h9-11,13-14H,5-8,12H2,1-4H3,(H2,22,24). The molecule has 0 bridgehead atoms. The number of rotatable bonds is 7. The molecule has 0 spiro atoms. The Labute approximate surface area is 176 Å². The highest BCUT2D eigenvalue weighted by Crippen LogP contribution is 2.34. The first-order valence-electron chi connectivity index (χ1n) is 10.1. The van der Waals surface area contributed by atoms with E-state index in [2.05, 4.69) is 29.0 Å². The summed E-state index contributed by atoms with van der Waals surface area (Å²) in [5.74, 6) is 2.41. The maximum absolute atomic E-state index is 13.0. The van der Waals surface area contributed by atoms with Gasteiger partial charge in [-0.15, -0.1) is 10.2 Å². The number of nitrogen functional groups attached to an aromatic ring is 1. The second kappa shape index (κ2) is 9.60. The summed E-state index contributed by atoms with van der Waals surface area (Å²) in [6.07, 6.45) is 3.07. The van der Waals surface area contributed by atoms with Gasteiger partial charge in [-0.25, -0.2) is 4.98 Å². The van der Waals surface area contributed by atoms with Crippen molar-refractivity contribution in [3.8, 4) is 17.2 Å². The van der Waals surface area contributed by atoms with Crippen LogP contribution in [0.1, 0.15) is 48.8 Å². The summed E-state index contributed by atoms with van der Waals surface area (Å²) >= 11 is 0. The Kier molecular flexibility index (Phi) is 6.91. The lowest BCUT2D eigenvalue weighted by Crippen LogP contribution is -2.38. The predicted molar refractivity (Wildman–Crippen MR) is 112 cm³/mol. The molecule has 1 amide bonds. The fourth-order valence-corrected chi connectivity index (χ4v) is 3.43. The zero-order chi connectivity index (χ0) is 21.7. The van der Waals surface area contributed by atoms with Crippen molar-refractivity contribution in [3.05, 3.63) is 29.7 Å². The molecule has 30 heavy (non-hydrogen) atoms. The molecule has 0 aliphatic carbocycles. The summed E-state index contributed by atoms with van der Waals surface area (Å²) in [7, 11) is 3.14. The number of hydrogen-bond donors (Lipinski definition) is 1. The maximum atomic E-state index is 13.0. The number of hydrogen-bond acceptors (Lipinski definition) is 8. The van der Waals surface area contributed by atoms with Crippen molar-refractivity contribution in [2.45, 2.75) is 32.6 Å². The lowest BCUT2D eigenvalue weighted by Gasteiger charge is -2.31. The molecule has 2 aromatic rings. The Morgan fingerprint density at radius 3 is 2.47 bits per heavy atom. The molecular formula is C21H29N5O4. The van der Waals surface area contributed by atoms with Crippen LogP contribution in [0.4, 0.5) is 5.82 Å². The fourth-order valence-electron chi connectivity index (χ4n) is 3.43. The molecule has 1 fully saturated rings. The quantitative estimate of drug-likeness (QED) is 0.734. The highest BCUT2D eigenvalue weighted by Gasteiger charge is 2.28. The zero-order valence-electron chi connectivity index (χ0n) is 17.9. The molecule has 2 aromatic heterocycles. The number of likely N-dealkylation sites (tertiary alicyclic amines) is 1. The lowest BCUT2D eigenvalue weighted by molar-refractivity contribution is 0.0705. The number of carbonyl (C=O) groups excluding carboxylic acids is 1. The number of nitrogens with zero attached hydrogens (tertiary/aromatic N) is 4. The van der Waals surface area contributed by atoms with Crippen LogP contribution >= 0.6 is 0 Å². The van der Waals surface area contributed by atoms with Gasteiger partial charge in [0.1, 0.15) is 23.0 Å². The number of ether oxygens (including phenoxy) is 3. The molecule has 0 aromatic carbocycles. The second-order valence-corrected chi connectivity index (χ2v) is 7.71. The van der Waals surface area contributed by atoms with E-state index in [1.807, 2.05) is 0 Å². The van der Waals surface area contributed by atoms with E-state index in [4.69, 9.17) is 19.9 Å². The Hall–Kier alpha value is -3.10. The van der Waals surface area contributed by atoms with Crippen LogP contribution in [0.15, 0.2) is 18.3 Å². The number of aromatic nitrogens is 3. The average molecular weight is 415 g/mol. The van der Waals surface area contributed by atoms with E-state index in [1.54, 1.807) is 37.4 Å². The van der Waals surface area contributed by atoms with Crippen LogP contribution in [0.25, 0.3) is 0 Å². The number of amides is 1. The topological polar surface area (TPSA) is 113 Å². The van der Waals surface area contributed by atoms with Gasteiger partial charge in [0.2, 0.25) is 0 Å². The maximum Gasteiger partial charge on any atom is 0.272 e. The molecule has 1 aliphatic heterocycles. The van der Waals surface area contributed by atoms with Gasteiger partial charge in [0.05, 0.1) is 27.0 Å². The molecule has 0 saturated carbocycles. The molecule has 0 atom stereocenters. The second-order valence-electron chi connectivity index (χ2n) is 7.71. The van der Waals surface area contributed by atoms with Crippen molar-refractivity contribution in [1.29, 1.82) is 0 Å². The number of nitrogens with two attached hydrogens (primary N) is 1. The lowest BCUT2D eigenvalue weighted by atomic mass is 9.92. The molecule has 1 saturated heterocycles. The van der Waals surface area contributed by atoms with Crippen LogP contribution in [-0.2, 0) is 0 Å². The number of methoxy groups -OCH3 is 2. The van der Waals surface area contributed by atoms with E-state index in [9.17, 15) is 4.79 Å². The number of pyridine rings is 1. The predicted octanol–water partition coefficient (Wildman–Crippen LogP) is 2.53. The van der Waals surface area contributed by atoms with Crippen LogP contribution in [-0.4, -0.2) is 59.9 Å². The summed E-state index contributed by atoms with van der Waals surface area (Å²) in [6, 6.07) is 3.32. The molecule has 0 unspecified atom stereocenters. The van der Waals surface area contributed by atoms with Crippen molar-refractivity contribution in [2.24, 2.45) is 5.92 Å². The van der Waals surface area contributed by atoms with E-state index in [-0.39, 0.29) is 11.8 Å². The van der Waals surface area contributed by atoms with Crippen LogP contribution in [0.3, 0.4) is 0 Å². The number of piperidine rings is 1. The summed E-state index contributed by atoms with van der Waals surface area (Å²) in [6.45, 7) is 5.86. The van der Waals surface area contributed by atoms with Crippen molar-refractivity contribution >= 4 is 11.7 Å². The first-order chi connectivity index (χ1) is 14.4. The Morgan fingerprint density at radius 2 is 1.83 bits per heavy atom. The monoisotopic (exact) mass is 415 g/mol. The van der Waals surface area contributed by atoms with Crippen LogP contribution in [0.5, 0.6) is 17.2 Å². The third-order valence-electron chi connectivity index (χ3n) is 5.04. The van der Waals surface area contributed by atoms with Crippen LogP contribution in [0, 0.1) is 5.92 Å². The molecule has 162 valence electrons. The van der Waals surface area contributed by atoms with Gasteiger partial charge in [-0.2, -0.15) is 0 Å².